The average Bonchev–Trinajstić information content (AvgIpc) is 2.47. The quantitative estimate of drug-likeness (QED) is 0.672. The van der Waals surface area contributed by atoms with E-state index in [1.54, 1.807) is 53.4 Å². The molecule has 0 spiro atoms. The lowest BCUT2D eigenvalue weighted by Crippen LogP contribution is -2.38. The molecule has 0 bridgehead atoms. The normalized spacial score (nSPS) is 10.3. The summed E-state index contributed by atoms with van der Waals surface area (Å²) in [6.45, 7) is 0.114. The number of hydrogen-bond donors (Lipinski definition) is 1. The third-order valence-corrected chi connectivity index (χ3v) is 3.11. The molecule has 2 aromatic rings. The van der Waals surface area contributed by atoms with Crippen LogP contribution < -0.4 is 10.3 Å². The third-order valence-electron chi connectivity index (χ3n) is 2.86. The van der Waals surface area contributed by atoms with Crippen molar-refractivity contribution in [2.45, 2.75) is 6.54 Å². The Kier molecular flexibility index (Phi) is 4.61. The van der Waals surface area contributed by atoms with Crippen LogP contribution in [0.4, 0.5) is 0 Å². The van der Waals surface area contributed by atoms with Gasteiger partial charge in [0.1, 0.15) is 0 Å². The van der Waals surface area contributed by atoms with Crippen LogP contribution >= 0.6 is 11.6 Å². The molecule has 0 aliphatic carbocycles. The highest BCUT2D eigenvalue weighted by atomic mass is 35.5. The fraction of sp³-hybridized carbons (Fsp3) is 0.133. The fourth-order valence-corrected chi connectivity index (χ4v) is 1.92. The average molecular weight is 290 g/mol. The molecule has 0 aliphatic rings. The van der Waals surface area contributed by atoms with Gasteiger partial charge in [0, 0.05) is 16.7 Å². The number of aromatic nitrogens is 1. The molecular formula is C15H14ClN2O2+. The Hall–Kier alpha value is -2.04. The lowest BCUT2D eigenvalue weighted by atomic mass is 10.1. The maximum absolute atomic E-state index is 12.1. The highest BCUT2D eigenvalue weighted by Gasteiger charge is 2.14. The van der Waals surface area contributed by atoms with Crippen molar-refractivity contribution in [3.8, 4) is 0 Å². The summed E-state index contributed by atoms with van der Waals surface area (Å²) in [7, 11) is 0. The Morgan fingerprint density at radius 2 is 1.75 bits per heavy atom. The summed E-state index contributed by atoms with van der Waals surface area (Å²) in [4.78, 5) is 23.6. The van der Waals surface area contributed by atoms with Gasteiger partial charge in [0.2, 0.25) is 12.3 Å². The molecule has 0 atom stereocenters. The van der Waals surface area contributed by atoms with E-state index < -0.39 is 0 Å². The van der Waals surface area contributed by atoms with Gasteiger partial charge in [-0.3, -0.25) is 9.59 Å². The number of nitrogens with two attached hydrogens (primary N) is 1. The number of nitrogens with zero attached hydrogens (tertiary/aromatic N) is 1. The molecule has 2 N–H and O–H groups in total. The standard InChI is InChI=1S/C15H14ClN2O2/c16-13-5-3-11(4-6-13)15(20)10-18-7-1-2-12(9-18)14(19)8-17/h1-7,9H,8,10,17H2/q+1. The summed E-state index contributed by atoms with van der Waals surface area (Å²) >= 11 is 5.78. The zero-order valence-corrected chi connectivity index (χ0v) is 11.5. The third kappa shape index (κ3) is 3.50. The minimum atomic E-state index is -0.154. The van der Waals surface area contributed by atoms with E-state index in [0.29, 0.717) is 16.1 Å². The summed E-state index contributed by atoms with van der Waals surface area (Å²) < 4.78 is 1.67. The number of Topliss-reactive ketones (excluding diaryl/α,β-unsaturated/α-hetero) is 2. The van der Waals surface area contributed by atoms with Gasteiger partial charge in [-0.1, -0.05) is 11.6 Å². The van der Waals surface area contributed by atoms with Crippen LogP contribution in [0, 0.1) is 0 Å². The molecule has 5 heteroatoms. The first-order valence-corrected chi connectivity index (χ1v) is 6.49. The Morgan fingerprint density at radius 1 is 1.05 bits per heavy atom. The molecule has 0 radical (unpaired) electrons. The molecular weight excluding hydrogens is 276 g/mol. The molecule has 0 fully saturated rings. The first-order valence-electron chi connectivity index (χ1n) is 6.11. The van der Waals surface area contributed by atoms with Gasteiger partial charge in [-0.15, -0.1) is 0 Å². The predicted octanol–water partition coefficient (Wildman–Crippen LogP) is 1.65. The SMILES string of the molecule is NCC(=O)c1ccc[n+](CC(=O)c2ccc(Cl)cc2)c1. The second kappa shape index (κ2) is 6.41. The van der Waals surface area contributed by atoms with Gasteiger partial charge < -0.3 is 5.73 Å². The number of benzene rings is 1. The summed E-state index contributed by atoms with van der Waals surface area (Å²) in [5.74, 6) is -0.206. The van der Waals surface area contributed by atoms with E-state index >= 15 is 0 Å². The van der Waals surface area contributed by atoms with Crippen LogP contribution in [0.2, 0.25) is 5.02 Å². The lowest BCUT2D eigenvalue weighted by Gasteiger charge is -2.00. The molecule has 0 aliphatic heterocycles. The Labute approximate surface area is 121 Å². The number of carbonyl (C=O) groups is 2. The molecule has 0 saturated heterocycles. The van der Waals surface area contributed by atoms with Gasteiger partial charge in [0.05, 0.1) is 12.1 Å². The highest BCUT2D eigenvalue weighted by Crippen LogP contribution is 2.10. The Balaban J connectivity index is 2.15. The molecule has 1 heterocycles. The monoisotopic (exact) mass is 289 g/mol. The van der Waals surface area contributed by atoms with Crippen molar-refractivity contribution >= 4 is 23.2 Å². The van der Waals surface area contributed by atoms with E-state index in [2.05, 4.69) is 0 Å². The number of carbonyl (C=O) groups excluding carboxylic acids is 2. The molecule has 0 unspecified atom stereocenters. The van der Waals surface area contributed by atoms with Crippen molar-refractivity contribution in [2.75, 3.05) is 6.54 Å². The van der Waals surface area contributed by atoms with Crippen molar-refractivity contribution in [3.63, 3.8) is 0 Å². The minimum absolute atomic E-state index is 0.0465. The molecule has 20 heavy (non-hydrogen) atoms. The summed E-state index contributed by atoms with van der Waals surface area (Å²) in [6, 6.07) is 10.1. The van der Waals surface area contributed by atoms with Crippen molar-refractivity contribution in [1.82, 2.24) is 0 Å². The van der Waals surface area contributed by atoms with Crippen LogP contribution in [0.1, 0.15) is 20.7 Å². The van der Waals surface area contributed by atoms with Crippen LogP contribution in [0.5, 0.6) is 0 Å². The number of pyridine rings is 1. The lowest BCUT2D eigenvalue weighted by molar-refractivity contribution is -0.683. The number of rotatable bonds is 5. The van der Waals surface area contributed by atoms with Crippen molar-refractivity contribution in [1.29, 1.82) is 0 Å². The molecule has 1 aromatic carbocycles. The maximum atomic E-state index is 12.1. The van der Waals surface area contributed by atoms with Gasteiger partial charge >= 0.3 is 0 Å². The fourth-order valence-electron chi connectivity index (χ4n) is 1.80. The zero-order chi connectivity index (χ0) is 14.5. The second-order valence-electron chi connectivity index (χ2n) is 4.32. The second-order valence-corrected chi connectivity index (χ2v) is 4.76. The van der Waals surface area contributed by atoms with E-state index in [9.17, 15) is 9.59 Å². The Morgan fingerprint density at radius 3 is 2.40 bits per heavy atom. The van der Waals surface area contributed by atoms with E-state index in [-0.39, 0.29) is 24.7 Å². The summed E-state index contributed by atoms with van der Waals surface area (Å²) in [6.07, 6.45) is 3.37. The Bertz CT molecular complexity index is 639. The van der Waals surface area contributed by atoms with Gasteiger partial charge in [-0.05, 0) is 30.3 Å². The van der Waals surface area contributed by atoms with E-state index in [4.69, 9.17) is 17.3 Å². The van der Waals surface area contributed by atoms with E-state index in [0.717, 1.165) is 0 Å². The predicted molar refractivity (Wildman–Crippen MR) is 75.8 cm³/mol. The molecule has 102 valence electrons. The minimum Gasteiger partial charge on any atom is -0.324 e. The topological polar surface area (TPSA) is 64.0 Å². The molecule has 1 aromatic heterocycles. The van der Waals surface area contributed by atoms with E-state index in [1.165, 1.54) is 0 Å². The summed E-state index contributed by atoms with van der Waals surface area (Å²) in [5.41, 5.74) is 6.40. The number of ketones is 2. The largest absolute Gasteiger partial charge is 0.324 e. The zero-order valence-electron chi connectivity index (χ0n) is 10.8. The van der Waals surface area contributed by atoms with Crippen LogP contribution in [0.25, 0.3) is 0 Å². The van der Waals surface area contributed by atoms with Crippen LogP contribution in [-0.4, -0.2) is 18.1 Å². The molecule has 2 rings (SSSR count). The van der Waals surface area contributed by atoms with Gasteiger partial charge in [-0.25, -0.2) is 0 Å². The van der Waals surface area contributed by atoms with Crippen LogP contribution in [0.15, 0.2) is 48.8 Å². The first-order chi connectivity index (χ1) is 9.60. The van der Waals surface area contributed by atoms with E-state index in [1.807, 2.05) is 0 Å². The van der Waals surface area contributed by atoms with Crippen molar-refractivity contribution in [2.24, 2.45) is 5.73 Å². The highest BCUT2D eigenvalue weighted by molar-refractivity contribution is 6.30. The molecule has 4 nitrogen and oxygen atoms in total. The van der Waals surface area contributed by atoms with Crippen LogP contribution in [-0.2, 0) is 6.54 Å². The smallest absolute Gasteiger partial charge is 0.227 e. The maximum Gasteiger partial charge on any atom is 0.227 e. The van der Waals surface area contributed by atoms with Crippen LogP contribution in [0.3, 0.4) is 0 Å². The number of halogens is 1. The van der Waals surface area contributed by atoms with Gasteiger partial charge in [0.15, 0.2) is 18.2 Å². The van der Waals surface area contributed by atoms with Gasteiger partial charge in [-0.2, -0.15) is 4.57 Å². The van der Waals surface area contributed by atoms with Gasteiger partial charge in [0.25, 0.3) is 0 Å². The number of hydrogen-bond acceptors (Lipinski definition) is 3. The van der Waals surface area contributed by atoms with Crippen molar-refractivity contribution < 1.29 is 14.2 Å². The molecule has 0 saturated carbocycles. The first kappa shape index (κ1) is 14.4. The summed E-state index contributed by atoms with van der Waals surface area (Å²) in [5, 5.41) is 0.588. The molecule has 0 amide bonds. The van der Waals surface area contributed by atoms with Crippen molar-refractivity contribution in [3.05, 3.63) is 64.9 Å².